The van der Waals surface area contributed by atoms with Crippen LogP contribution in [0.25, 0.3) is 10.8 Å². The highest BCUT2D eigenvalue weighted by atomic mass is 19.1. The lowest BCUT2D eigenvalue weighted by Crippen LogP contribution is -2.38. The summed E-state index contributed by atoms with van der Waals surface area (Å²) in [5.74, 6) is -0.0635. The van der Waals surface area contributed by atoms with Crippen LogP contribution in [0.15, 0.2) is 59.4 Å². The number of aromatic nitrogens is 1. The summed E-state index contributed by atoms with van der Waals surface area (Å²) in [5.41, 5.74) is 1.19. The summed E-state index contributed by atoms with van der Waals surface area (Å²) in [4.78, 5) is 27.4. The third-order valence-corrected chi connectivity index (χ3v) is 5.40. The van der Waals surface area contributed by atoms with Crippen molar-refractivity contribution in [1.29, 1.82) is 0 Å². The van der Waals surface area contributed by atoms with E-state index >= 15 is 0 Å². The van der Waals surface area contributed by atoms with Gasteiger partial charge in [-0.2, -0.15) is 0 Å². The van der Waals surface area contributed by atoms with Crippen LogP contribution < -0.4 is 10.9 Å². The van der Waals surface area contributed by atoms with Gasteiger partial charge in [-0.1, -0.05) is 30.3 Å². The minimum absolute atomic E-state index is 0.0872. The Balaban J connectivity index is 1.41. The monoisotopic (exact) mass is 364 g/mol. The van der Waals surface area contributed by atoms with Gasteiger partial charge in [-0.15, -0.1) is 0 Å². The molecule has 5 heteroatoms. The SMILES string of the molecule is O=C(NC1CCC(c2ccc(F)cc2)CC1)c1cc2ccccc2c(=O)[nH]1. The van der Waals surface area contributed by atoms with Crippen molar-refractivity contribution < 1.29 is 9.18 Å². The van der Waals surface area contributed by atoms with Gasteiger partial charge in [-0.25, -0.2) is 4.39 Å². The van der Waals surface area contributed by atoms with Gasteiger partial charge in [0.1, 0.15) is 11.5 Å². The quantitative estimate of drug-likeness (QED) is 0.734. The zero-order valence-electron chi connectivity index (χ0n) is 14.9. The fourth-order valence-corrected chi connectivity index (χ4v) is 3.90. The van der Waals surface area contributed by atoms with Crippen LogP contribution in [-0.2, 0) is 0 Å². The Hall–Kier alpha value is -2.95. The van der Waals surface area contributed by atoms with Gasteiger partial charge in [0.2, 0.25) is 0 Å². The minimum atomic E-state index is -0.252. The smallest absolute Gasteiger partial charge is 0.268 e. The van der Waals surface area contributed by atoms with Crippen LogP contribution in [0.2, 0.25) is 0 Å². The Kier molecular flexibility index (Phi) is 4.75. The van der Waals surface area contributed by atoms with Gasteiger partial charge in [0, 0.05) is 11.4 Å². The van der Waals surface area contributed by atoms with Crippen LogP contribution in [0.3, 0.4) is 0 Å². The summed E-state index contributed by atoms with van der Waals surface area (Å²) < 4.78 is 13.1. The van der Waals surface area contributed by atoms with Crippen LogP contribution in [0.5, 0.6) is 0 Å². The molecule has 0 atom stereocenters. The molecule has 0 spiro atoms. The van der Waals surface area contributed by atoms with Gasteiger partial charge in [0.15, 0.2) is 0 Å². The zero-order chi connectivity index (χ0) is 18.8. The number of amides is 1. The van der Waals surface area contributed by atoms with E-state index in [1.807, 2.05) is 24.3 Å². The van der Waals surface area contributed by atoms with E-state index in [1.54, 1.807) is 18.2 Å². The lowest BCUT2D eigenvalue weighted by molar-refractivity contribution is 0.0920. The molecule has 4 nitrogen and oxygen atoms in total. The first-order valence-electron chi connectivity index (χ1n) is 9.28. The van der Waals surface area contributed by atoms with Crippen molar-refractivity contribution in [3.05, 3.63) is 82.0 Å². The Bertz CT molecular complexity index is 1020. The molecule has 0 radical (unpaired) electrons. The molecule has 2 aromatic carbocycles. The van der Waals surface area contributed by atoms with E-state index in [1.165, 1.54) is 12.1 Å². The first kappa shape index (κ1) is 17.5. The van der Waals surface area contributed by atoms with E-state index in [9.17, 15) is 14.0 Å². The molecule has 1 amide bonds. The van der Waals surface area contributed by atoms with Crippen LogP contribution in [-0.4, -0.2) is 16.9 Å². The number of pyridine rings is 1. The molecular formula is C22H21FN2O2. The Morgan fingerprint density at radius 3 is 2.44 bits per heavy atom. The molecule has 1 heterocycles. The highest BCUT2D eigenvalue weighted by molar-refractivity contribution is 5.96. The molecule has 1 aromatic heterocycles. The van der Waals surface area contributed by atoms with Crippen LogP contribution in [0.4, 0.5) is 4.39 Å². The first-order chi connectivity index (χ1) is 13.1. The molecule has 2 N–H and O–H groups in total. The highest BCUT2D eigenvalue weighted by Gasteiger charge is 2.24. The molecular weight excluding hydrogens is 343 g/mol. The van der Waals surface area contributed by atoms with Crippen LogP contribution in [0.1, 0.15) is 47.7 Å². The maximum atomic E-state index is 13.1. The van der Waals surface area contributed by atoms with Crippen molar-refractivity contribution in [2.45, 2.75) is 37.6 Å². The standard InChI is InChI=1S/C22H21FN2O2/c23-17-9-5-14(6-10-17)15-7-11-18(12-8-15)24-22(27)20-13-16-3-1-2-4-19(16)21(26)25-20/h1-6,9-10,13,15,18H,7-8,11-12H2,(H,24,27)(H,25,26). The number of hydrogen-bond acceptors (Lipinski definition) is 2. The number of halogens is 1. The van der Waals surface area contributed by atoms with E-state index < -0.39 is 0 Å². The van der Waals surface area contributed by atoms with Crippen molar-refractivity contribution >= 4 is 16.7 Å². The summed E-state index contributed by atoms with van der Waals surface area (Å²) in [6.45, 7) is 0. The number of fused-ring (bicyclic) bond motifs is 1. The third-order valence-electron chi connectivity index (χ3n) is 5.40. The second-order valence-electron chi connectivity index (χ2n) is 7.17. The molecule has 1 saturated carbocycles. The molecule has 27 heavy (non-hydrogen) atoms. The number of carbonyl (C=O) groups is 1. The van der Waals surface area contributed by atoms with Crippen LogP contribution in [0, 0.1) is 5.82 Å². The predicted octanol–water partition coefficient (Wildman–Crippen LogP) is 4.12. The van der Waals surface area contributed by atoms with Gasteiger partial charge < -0.3 is 10.3 Å². The largest absolute Gasteiger partial charge is 0.348 e. The summed E-state index contributed by atoms with van der Waals surface area (Å²) >= 11 is 0. The van der Waals surface area contributed by atoms with E-state index in [-0.39, 0.29) is 23.3 Å². The Labute approximate surface area is 156 Å². The Morgan fingerprint density at radius 2 is 1.70 bits per heavy atom. The van der Waals surface area contributed by atoms with E-state index in [0.29, 0.717) is 17.0 Å². The molecule has 0 unspecified atom stereocenters. The lowest BCUT2D eigenvalue weighted by Gasteiger charge is -2.29. The van der Waals surface area contributed by atoms with Crippen molar-refractivity contribution in [2.24, 2.45) is 0 Å². The second kappa shape index (κ2) is 7.35. The first-order valence-corrected chi connectivity index (χ1v) is 9.28. The van der Waals surface area contributed by atoms with Gasteiger partial charge in [-0.3, -0.25) is 9.59 Å². The number of aromatic amines is 1. The van der Waals surface area contributed by atoms with E-state index in [0.717, 1.165) is 36.6 Å². The number of hydrogen-bond donors (Lipinski definition) is 2. The topological polar surface area (TPSA) is 62.0 Å². The van der Waals surface area contributed by atoms with Crippen LogP contribution >= 0.6 is 0 Å². The molecule has 4 rings (SSSR count). The maximum absolute atomic E-state index is 13.1. The molecule has 0 aliphatic heterocycles. The fraction of sp³-hybridized carbons (Fsp3) is 0.273. The van der Waals surface area contributed by atoms with Crippen molar-refractivity contribution in [3.8, 4) is 0 Å². The molecule has 1 aliphatic rings. The average Bonchev–Trinajstić information content (AvgIpc) is 2.69. The summed E-state index contributed by atoms with van der Waals surface area (Å²) in [6.07, 6.45) is 3.63. The number of benzene rings is 2. The molecule has 1 fully saturated rings. The number of H-pyrrole nitrogens is 1. The minimum Gasteiger partial charge on any atom is -0.348 e. The zero-order valence-corrected chi connectivity index (χ0v) is 14.9. The molecule has 0 bridgehead atoms. The predicted molar refractivity (Wildman–Crippen MR) is 103 cm³/mol. The molecule has 3 aromatic rings. The van der Waals surface area contributed by atoms with Gasteiger partial charge in [0.25, 0.3) is 11.5 Å². The molecule has 0 saturated heterocycles. The molecule has 1 aliphatic carbocycles. The lowest BCUT2D eigenvalue weighted by atomic mass is 9.82. The van der Waals surface area contributed by atoms with E-state index in [4.69, 9.17) is 0 Å². The normalized spacial score (nSPS) is 19.7. The van der Waals surface area contributed by atoms with Gasteiger partial charge >= 0.3 is 0 Å². The summed E-state index contributed by atoms with van der Waals surface area (Å²) in [7, 11) is 0. The Morgan fingerprint density at radius 1 is 1.00 bits per heavy atom. The maximum Gasteiger partial charge on any atom is 0.268 e. The van der Waals surface area contributed by atoms with Crippen molar-refractivity contribution in [3.63, 3.8) is 0 Å². The fourth-order valence-electron chi connectivity index (χ4n) is 3.90. The number of rotatable bonds is 3. The van der Waals surface area contributed by atoms with Gasteiger partial charge in [0.05, 0.1) is 0 Å². The van der Waals surface area contributed by atoms with Crippen molar-refractivity contribution in [1.82, 2.24) is 10.3 Å². The molecule has 138 valence electrons. The second-order valence-corrected chi connectivity index (χ2v) is 7.17. The van der Waals surface area contributed by atoms with Crippen molar-refractivity contribution in [2.75, 3.05) is 0 Å². The number of carbonyl (C=O) groups excluding carboxylic acids is 1. The third kappa shape index (κ3) is 3.77. The highest BCUT2D eigenvalue weighted by Crippen LogP contribution is 2.33. The number of nitrogens with one attached hydrogen (secondary N) is 2. The average molecular weight is 364 g/mol. The van der Waals surface area contributed by atoms with E-state index in [2.05, 4.69) is 10.3 Å². The van der Waals surface area contributed by atoms with Gasteiger partial charge in [-0.05, 0) is 66.8 Å². The summed E-state index contributed by atoms with van der Waals surface area (Å²) in [5, 5.41) is 4.37. The summed E-state index contributed by atoms with van der Waals surface area (Å²) in [6, 6.07) is 15.7.